The Balaban J connectivity index is 2.02. The van der Waals surface area contributed by atoms with Gasteiger partial charge in [-0.1, -0.05) is 29.8 Å². The van der Waals surface area contributed by atoms with Gasteiger partial charge in [-0.15, -0.1) is 0 Å². The summed E-state index contributed by atoms with van der Waals surface area (Å²) in [6.45, 7) is 3.88. The summed E-state index contributed by atoms with van der Waals surface area (Å²) >= 11 is 0. The normalized spacial score (nSPS) is 12.6. The predicted octanol–water partition coefficient (Wildman–Crippen LogP) is 3.27. The van der Waals surface area contributed by atoms with E-state index < -0.39 is 10.0 Å². The fourth-order valence-electron chi connectivity index (χ4n) is 2.58. The lowest BCUT2D eigenvalue weighted by molar-refractivity contribution is -0.117. The number of amides is 1. The quantitative estimate of drug-likeness (QED) is 0.713. The average Bonchev–Trinajstić information content (AvgIpc) is 2.59. The van der Waals surface area contributed by atoms with E-state index in [1.165, 1.54) is 6.08 Å². The van der Waals surface area contributed by atoms with E-state index in [9.17, 15) is 13.2 Å². The molecule has 0 radical (unpaired) electrons. The van der Waals surface area contributed by atoms with Crippen molar-refractivity contribution < 1.29 is 17.9 Å². The second kappa shape index (κ2) is 8.73. The van der Waals surface area contributed by atoms with Crippen LogP contribution in [-0.4, -0.2) is 27.7 Å². The number of sulfonamides is 1. The van der Waals surface area contributed by atoms with Gasteiger partial charge in [-0.25, -0.2) is 8.42 Å². The Morgan fingerprint density at radius 3 is 2.41 bits per heavy atom. The molecule has 0 aromatic heterocycles. The third-order valence-electron chi connectivity index (χ3n) is 3.85. The molecule has 0 heterocycles. The Hall–Kier alpha value is -2.80. The Kier molecular flexibility index (Phi) is 6.63. The lowest BCUT2D eigenvalue weighted by Crippen LogP contribution is -2.25. The summed E-state index contributed by atoms with van der Waals surface area (Å²) in [7, 11) is -1.70. The van der Waals surface area contributed by atoms with Crippen LogP contribution >= 0.6 is 0 Å². The fourth-order valence-corrected chi connectivity index (χ4v) is 3.14. The van der Waals surface area contributed by atoms with Crippen LogP contribution in [0.1, 0.15) is 29.7 Å². The van der Waals surface area contributed by atoms with Gasteiger partial charge in [-0.3, -0.25) is 9.52 Å². The second-order valence-electron chi connectivity index (χ2n) is 6.31. The van der Waals surface area contributed by atoms with Gasteiger partial charge in [-0.2, -0.15) is 0 Å². The van der Waals surface area contributed by atoms with Crippen LogP contribution in [0.5, 0.6) is 5.75 Å². The summed E-state index contributed by atoms with van der Waals surface area (Å²) in [5, 5.41) is 2.91. The first-order valence-electron chi connectivity index (χ1n) is 8.39. The summed E-state index contributed by atoms with van der Waals surface area (Å²) in [6, 6.07) is 12.3. The second-order valence-corrected chi connectivity index (χ2v) is 8.05. The fraction of sp³-hybridized carbons (Fsp3) is 0.250. The van der Waals surface area contributed by atoms with Crippen molar-refractivity contribution in [2.75, 3.05) is 18.1 Å². The molecule has 0 aliphatic rings. The van der Waals surface area contributed by atoms with Gasteiger partial charge in [-0.05, 0) is 43.7 Å². The maximum atomic E-state index is 12.2. The van der Waals surface area contributed by atoms with E-state index in [0.29, 0.717) is 5.69 Å². The zero-order valence-electron chi connectivity index (χ0n) is 15.8. The van der Waals surface area contributed by atoms with Crippen LogP contribution < -0.4 is 14.8 Å². The SMILES string of the molecule is COc1ccc(C)cc1C(C)NC(=O)C=Cc1ccc(NS(C)(=O)=O)cc1. The van der Waals surface area contributed by atoms with Gasteiger partial charge in [0.1, 0.15) is 5.75 Å². The van der Waals surface area contributed by atoms with Crippen molar-refractivity contribution in [3.8, 4) is 5.75 Å². The molecule has 7 heteroatoms. The Morgan fingerprint density at radius 1 is 1.15 bits per heavy atom. The summed E-state index contributed by atoms with van der Waals surface area (Å²) in [5.74, 6) is 0.496. The van der Waals surface area contributed by atoms with Crippen LogP contribution in [0.4, 0.5) is 5.69 Å². The molecule has 1 atom stereocenters. The number of benzene rings is 2. The van der Waals surface area contributed by atoms with E-state index in [1.807, 2.05) is 32.0 Å². The number of nitrogens with one attached hydrogen (secondary N) is 2. The summed E-state index contributed by atoms with van der Waals surface area (Å²) in [6.07, 6.45) is 4.20. The van der Waals surface area contributed by atoms with Gasteiger partial charge in [0.25, 0.3) is 0 Å². The molecule has 2 aromatic rings. The molecule has 0 spiro atoms. The number of anilines is 1. The van der Waals surface area contributed by atoms with Gasteiger partial charge in [0, 0.05) is 17.3 Å². The molecule has 0 saturated carbocycles. The lowest BCUT2D eigenvalue weighted by Gasteiger charge is -2.17. The molecule has 0 fully saturated rings. The van der Waals surface area contributed by atoms with Crippen molar-refractivity contribution in [1.82, 2.24) is 5.32 Å². The molecule has 1 amide bonds. The number of rotatable bonds is 7. The number of hydrogen-bond acceptors (Lipinski definition) is 4. The van der Waals surface area contributed by atoms with Gasteiger partial charge in [0.15, 0.2) is 0 Å². The van der Waals surface area contributed by atoms with Crippen LogP contribution in [0.25, 0.3) is 6.08 Å². The largest absolute Gasteiger partial charge is 0.496 e. The molecule has 1 unspecified atom stereocenters. The Bertz CT molecular complexity index is 935. The molecule has 0 aliphatic heterocycles. The van der Waals surface area contributed by atoms with Crippen LogP contribution in [0.3, 0.4) is 0 Å². The zero-order valence-corrected chi connectivity index (χ0v) is 16.6. The Labute approximate surface area is 160 Å². The highest BCUT2D eigenvalue weighted by Crippen LogP contribution is 2.26. The molecule has 144 valence electrons. The molecule has 0 bridgehead atoms. The molecule has 2 rings (SSSR count). The molecular weight excluding hydrogens is 364 g/mol. The molecule has 0 saturated heterocycles. The number of methoxy groups -OCH3 is 1. The smallest absolute Gasteiger partial charge is 0.244 e. The number of hydrogen-bond donors (Lipinski definition) is 2. The van der Waals surface area contributed by atoms with Crippen LogP contribution in [-0.2, 0) is 14.8 Å². The van der Waals surface area contributed by atoms with Gasteiger partial charge >= 0.3 is 0 Å². The summed E-state index contributed by atoms with van der Waals surface area (Å²) < 4.78 is 30.1. The minimum Gasteiger partial charge on any atom is -0.496 e. The molecular formula is C20H24N2O4S. The van der Waals surface area contributed by atoms with E-state index in [-0.39, 0.29) is 11.9 Å². The first-order valence-corrected chi connectivity index (χ1v) is 10.3. The van der Waals surface area contributed by atoms with Crippen molar-refractivity contribution in [3.05, 3.63) is 65.2 Å². The van der Waals surface area contributed by atoms with E-state index in [1.54, 1.807) is 37.5 Å². The lowest BCUT2D eigenvalue weighted by atomic mass is 10.0. The molecule has 0 aliphatic carbocycles. The van der Waals surface area contributed by atoms with Crippen LogP contribution in [0, 0.1) is 6.92 Å². The van der Waals surface area contributed by atoms with Crippen LogP contribution in [0.15, 0.2) is 48.5 Å². The average molecular weight is 388 g/mol. The maximum Gasteiger partial charge on any atom is 0.244 e. The van der Waals surface area contributed by atoms with E-state index in [2.05, 4.69) is 10.0 Å². The third-order valence-corrected chi connectivity index (χ3v) is 4.46. The van der Waals surface area contributed by atoms with Crippen molar-refractivity contribution in [1.29, 1.82) is 0 Å². The Morgan fingerprint density at radius 2 is 1.81 bits per heavy atom. The van der Waals surface area contributed by atoms with Crippen molar-refractivity contribution >= 4 is 27.7 Å². The van der Waals surface area contributed by atoms with Crippen LogP contribution in [0.2, 0.25) is 0 Å². The standard InChI is InChI=1S/C20H24N2O4S/c1-14-5-11-19(26-3)18(13-14)15(2)21-20(23)12-8-16-6-9-17(10-7-16)22-27(4,24)25/h5-13,15,22H,1-4H3,(H,21,23). The first-order chi connectivity index (χ1) is 12.7. The first kappa shape index (κ1) is 20.5. The number of ether oxygens (including phenoxy) is 1. The van der Waals surface area contributed by atoms with E-state index in [0.717, 1.165) is 28.7 Å². The highest BCUT2D eigenvalue weighted by atomic mass is 32.2. The van der Waals surface area contributed by atoms with Crippen molar-refractivity contribution in [2.45, 2.75) is 19.9 Å². The molecule has 27 heavy (non-hydrogen) atoms. The maximum absolute atomic E-state index is 12.2. The molecule has 2 aromatic carbocycles. The number of aryl methyl sites for hydroxylation is 1. The number of carbonyl (C=O) groups is 1. The number of carbonyl (C=O) groups excluding carboxylic acids is 1. The van der Waals surface area contributed by atoms with Gasteiger partial charge < -0.3 is 10.1 Å². The summed E-state index contributed by atoms with van der Waals surface area (Å²) in [5.41, 5.74) is 3.25. The predicted molar refractivity (Wildman–Crippen MR) is 108 cm³/mol. The highest BCUT2D eigenvalue weighted by Gasteiger charge is 2.13. The van der Waals surface area contributed by atoms with Crippen molar-refractivity contribution in [2.24, 2.45) is 0 Å². The van der Waals surface area contributed by atoms with Gasteiger partial charge in [0.05, 0.1) is 19.4 Å². The third kappa shape index (κ3) is 6.45. The van der Waals surface area contributed by atoms with E-state index in [4.69, 9.17) is 4.74 Å². The van der Waals surface area contributed by atoms with E-state index >= 15 is 0 Å². The van der Waals surface area contributed by atoms with Gasteiger partial charge in [0.2, 0.25) is 15.9 Å². The zero-order chi connectivity index (χ0) is 20.0. The minimum atomic E-state index is -3.31. The monoisotopic (exact) mass is 388 g/mol. The van der Waals surface area contributed by atoms with Crippen molar-refractivity contribution in [3.63, 3.8) is 0 Å². The molecule has 2 N–H and O–H groups in total. The summed E-state index contributed by atoms with van der Waals surface area (Å²) in [4.78, 5) is 12.2. The topological polar surface area (TPSA) is 84.5 Å². The highest BCUT2D eigenvalue weighted by molar-refractivity contribution is 7.92. The minimum absolute atomic E-state index is 0.210. The molecule has 6 nitrogen and oxygen atoms in total.